The molecule has 20 nitrogen and oxygen atoms in total. The first kappa shape index (κ1) is 60.4. The van der Waals surface area contributed by atoms with Crippen molar-refractivity contribution in [1.82, 2.24) is 29.2 Å². The predicted octanol–water partition coefficient (Wildman–Crippen LogP) is 10.1. The number of nitrogens with two attached hydrogens (primary N) is 3. The van der Waals surface area contributed by atoms with Crippen molar-refractivity contribution in [2.75, 3.05) is 11.9 Å². The predicted molar refractivity (Wildman–Crippen MR) is 295 cm³/mol. The molecule has 0 bridgehead atoms. The Morgan fingerprint density at radius 3 is 1.59 bits per heavy atom. The number of aromatic carboxylic acids is 1. The van der Waals surface area contributed by atoms with Crippen LogP contribution in [0.5, 0.6) is 5.75 Å². The number of para-hydroxylation sites is 3. The van der Waals surface area contributed by atoms with Gasteiger partial charge < -0.3 is 47.9 Å². The Morgan fingerprint density at radius 1 is 0.646 bits per heavy atom. The minimum absolute atomic E-state index is 0.0324. The summed E-state index contributed by atoms with van der Waals surface area (Å²) >= 11 is 11.4. The van der Waals surface area contributed by atoms with Gasteiger partial charge in [0.2, 0.25) is 11.8 Å². The fourth-order valence-electron chi connectivity index (χ4n) is 7.61. The number of carbonyl (C=O) groups is 7. The molecule has 8 aromatic rings. The molecule has 24 heteroatoms. The Bertz CT molecular complexity index is 3540. The molecule has 3 heterocycles. The molecular formula is C55H55Cl2F2N11O9. The number of urea groups is 1. The van der Waals surface area contributed by atoms with E-state index in [2.05, 4.69) is 29.8 Å². The lowest BCUT2D eigenvalue weighted by Gasteiger charge is -2.26. The number of nitriles is 1. The summed E-state index contributed by atoms with van der Waals surface area (Å²) in [5.41, 5.74) is 18.5. The maximum absolute atomic E-state index is 14.0. The first-order valence-electron chi connectivity index (χ1n) is 24.0. The molecule has 0 spiro atoms. The average Bonchev–Trinajstić information content (AvgIpc) is 4.32. The zero-order chi connectivity index (χ0) is 58.1. The van der Waals surface area contributed by atoms with Crippen molar-refractivity contribution >= 4 is 104 Å². The summed E-state index contributed by atoms with van der Waals surface area (Å²) in [5, 5.41) is 27.2. The van der Waals surface area contributed by atoms with Gasteiger partial charge in [-0.15, -0.1) is 5.26 Å². The van der Waals surface area contributed by atoms with Crippen LogP contribution in [0.25, 0.3) is 32.7 Å². The standard InChI is InChI=1S/C22H23ClFN5O3.C13H17ClFNO.C10H7N3O2.C10H8N2O3/c1-13(2)28(12-19(30)26-10-14-6-5-8-16(23)20(14)24)22(32)27-17-11-29(21(25)31)18-9-4-3-7-15(17)18;1-9(2)6-7-12(17)16-8-10-4-3-5-11(14)13(10)15;11-6-15-9-5-13(10(12)14)8-4-2-1-3-7(8)9;11-10(15)12-5-7(9(13)14)6-3-1-2-4-8(6)12/h3-9,11,13H,10,12H2,1-2H3,(H2,25,31)(H,26,30)(H,27,32);3-5,9H,6-8H2,1-2H3,(H,16,17);1-5H,(H2,12,14);1-5H,(H2,11,15)(H,13,14). The summed E-state index contributed by atoms with van der Waals surface area (Å²) in [5.74, 6) is -1.84. The van der Waals surface area contributed by atoms with E-state index in [-0.39, 0.29) is 52.8 Å². The molecule has 0 aliphatic heterocycles. The number of benzene rings is 5. The van der Waals surface area contributed by atoms with Crippen molar-refractivity contribution in [2.24, 2.45) is 23.1 Å². The molecular weight excluding hydrogens is 1070 g/mol. The van der Waals surface area contributed by atoms with Crippen LogP contribution in [0, 0.1) is 29.1 Å². The van der Waals surface area contributed by atoms with Gasteiger partial charge in [-0.1, -0.05) is 110 Å². The van der Waals surface area contributed by atoms with Crippen LogP contribution in [0.1, 0.15) is 62.0 Å². The second kappa shape index (κ2) is 28.1. The number of hydrogen-bond acceptors (Lipinski definition) is 9. The molecule has 0 atom stereocenters. The number of amides is 7. The van der Waals surface area contributed by atoms with Crippen molar-refractivity contribution in [3.05, 3.63) is 166 Å². The van der Waals surface area contributed by atoms with Gasteiger partial charge in [-0.3, -0.25) is 23.3 Å². The molecule has 0 saturated heterocycles. The van der Waals surface area contributed by atoms with Gasteiger partial charge >= 0.3 is 30.1 Å². The number of fused-ring (bicyclic) bond motifs is 3. The van der Waals surface area contributed by atoms with Gasteiger partial charge in [-0.2, -0.15) is 0 Å². The number of carboxylic acid groups (broad SMARTS) is 1. The maximum Gasteiger partial charge on any atom is 0.337 e. The molecule has 0 aliphatic carbocycles. The molecule has 0 fully saturated rings. The van der Waals surface area contributed by atoms with E-state index >= 15 is 0 Å². The molecule has 79 heavy (non-hydrogen) atoms. The Balaban J connectivity index is 0.000000207. The fourth-order valence-corrected chi connectivity index (χ4v) is 8.00. The van der Waals surface area contributed by atoms with E-state index in [1.807, 2.05) is 0 Å². The Hall–Kier alpha value is -9.46. The lowest BCUT2D eigenvalue weighted by Crippen LogP contribution is -2.46. The molecule has 10 N–H and O–H groups in total. The van der Waals surface area contributed by atoms with Crippen molar-refractivity contribution < 1.29 is 52.2 Å². The third-order valence-electron chi connectivity index (χ3n) is 11.6. The fraction of sp³-hybridized carbons (Fsp3) is 0.200. The van der Waals surface area contributed by atoms with Crippen LogP contribution in [-0.4, -0.2) is 78.2 Å². The van der Waals surface area contributed by atoms with E-state index in [1.54, 1.807) is 111 Å². The SMILES string of the molecule is CC(C)CCC(=O)NCc1cccc(Cl)c1F.CC(C)N(CC(=O)NCc1cccc(Cl)c1F)C(=O)Nc1cn(C(N)=O)c2ccccc12.N#COc1cn(C(N)=O)c2ccccc12.NC(=O)n1cc(C(=O)O)c2ccccc21. The highest BCUT2D eigenvalue weighted by molar-refractivity contribution is 6.31. The third kappa shape index (κ3) is 16.0. The van der Waals surface area contributed by atoms with E-state index in [1.165, 1.54) is 50.8 Å². The number of ether oxygens (including phenoxy) is 1. The number of nitrogens with one attached hydrogen (secondary N) is 3. The first-order chi connectivity index (χ1) is 37.5. The topological polar surface area (TPSA) is 305 Å². The molecule has 412 valence electrons. The summed E-state index contributed by atoms with van der Waals surface area (Å²) in [6.45, 7) is 7.51. The minimum Gasteiger partial charge on any atom is -0.478 e. The van der Waals surface area contributed by atoms with Crippen LogP contribution < -0.4 is 37.9 Å². The second-order valence-corrected chi connectivity index (χ2v) is 18.6. The van der Waals surface area contributed by atoms with Crippen LogP contribution in [0.4, 0.5) is 33.6 Å². The normalized spacial score (nSPS) is 10.5. The number of primary amides is 3. The number of rotatable bonds is 13. The number of carboxylic acids is 1. The van der Waals surface area contributed by atoms with Gasteiger partial charge in [0.05, 0.1) is 44.0 Å². The summed E-state index contributed by atoms with van der Waals surface area (Å²) in [7, 11) is 0. The Morgan fingerprint density at radius 2 is 1.10 bits per heavy atom. The van der Waals surface area contributed by atoms with Gasteiger partial charge in [0, 0.05) is 65.2 Å². The van der Waals surface area contributed by atoms with E-state index < -0.39 is 47.6 Å². The third-order valence-corrected chi connectivity index (χ3v) is 12.2. The molecule has 3 aromatic heterocycles. The quantitative estimate of drug-likeness (QED) is 0.0536. The Kier molecular flexibility index (Phi) is 21.5. The molecule has 0 saturated carbocycles. The van der Waals surface area contributed by atoms with Gasteiger partial charge in [0.25, 0.3) is 6.26 Å². The average molecular weight is 1120 g/mol. The van der Waals surface area contributed by atoms with Crippen LogP contribution in [-0.2, 0) is 22.7 Å². The zero-order valence-corrected chi connectivity index (χ0v) is 44.5. The highest BCUT2D eigenvalue weighted by Crippen LogP contribution is 2.29. The summed E-state index contributed by atoms with van der Waals surface area (Å²) < 4.78 is 35.8. The lowest BCUT2D eigenvalue weighted by atomic mass is 10.1. The van der Waals surface area contributed by atoms with Gasteiger partial charge in [-0.25, -0.2) is 32.8 Å². The van der Waals surface area contributed by atoms with Gasteiger partial charge in [-0.05, 0) is 62.6 Å². The first-order valence-corrected chi connectivity index (χ1v) is 24.8. The lowest BCUT2D eigenvalue weighted by molar-refractivity contribution is -0.122. The minimum atomic E-state index is -1.08. The highest BCUT2D eigenvalue weighted by Gasteiger charge is 2.23. The number of nitrogens with zero attached hydrogens (tertiary/aromatic N) is 5. The highest BCUT2D eigenvalue weighted by atomic mass is 35.5. The zero-order valence-electron chi connectivity index (χ0n) is 43.0. The van der Waals surface area contributed by atoms with Crippen molar-refractivity contribution in [3.8, 4) is 12.0 Å². The number of hydrogen-bond donors (Lipinski definition) is 7. The number of aromatic nitrogens is 3. The van der Waals surface area contributed by atoms with Gasteiger partial charge in [0.15, 0.2) is 5.75 Å². The maximum atomic E-state index is 14.0. The van der Waals surface area contributed by atoms with Crippen molar-refractivity contribution in [3.63, 3.8) is 0 Å². The van der Waals surface area contributed by atoms with E-state index in [0.717, 1.165) is 11.0 Å². The molecule has 5 aromatic carbocycles. The largest absolute Gasteiger partial charge is 0.478 e. The van der Waals surface area contributed by atoms with E-state index in [4.69, 9.17) is 55.5 Å². The number of halogens is 4. The van der Waals surface area contributed by atoms with Crippen molar-refractivity contribution in [1.29, 1.82) is 5.26 Å². The molecule has 8 rings (SSSR count). The summed E-state index contributed by atoms with van der Waals surface area (Å²) in [4.78, 5) is 82.8. The molecule has 7 amide bonds. The summed E-state index contributed by atoms with van der Waals surface area (Å²) in [6, 6.07) is 27.2. The second-order valence-electron chi connectivity index (χ2n) is 17.8. The molecule has 0 aliphatic rings. The van der Waals surface area contributed by atoms with Crippen LogP contribution in [0.15, 0.2) is 128 Å². The van der Waals surface area contributed by atoms with Gasteiger partial charge in [0.1, 0.15) is 18.2 Å². The van der Waals surface area contributed by atoms with E-state index in [9.17, 15) is 42.3 Å². The van der Waals surface area contributed by atoms with E-state index in [0.29, 0.717) is 62.0 Å². The monoisotopic (exact) mass is 1120 g/mol. The summed E-state index contributed by atoms with van der Waals surface area (Å²) in [6.07, 6.45) is 6.94. The van der Waals surface area contributed by atoms with Crippen LogP contribution in [0.3, 0.4) is 0 Å². The number of carbonyl (C=O) groups excluding carboxylic acids is 6. The smallest absolute Gasteiger partial charge is 0.337 e. The van der Waals surface area contributed by atoms with Crippen LogP contribution >= 0.6 is 23.2 Å². The molecule has 0 unspecified atom stereocenters. The Labute approximate surface area is 461 Å². The number of anilines is 1. The van der Waals surface area contributed by atoms with Crippen LogP contribution in [0.2, 0.25) is 10.0 Å². The van der Waals surface area contributed by atoms with Crippen molar-refractivity contribution in [2.45, 2.75) is 59.7 Å². The molecule has 0 radical (unpaired) electrons.